The molecule has 1 saturated heterocycles. The van der Waals surface area contributed by atoms with Gasteiger partial charge in [-0.1, -0.05) is 11.8 Å². The number of aliphatic hydroxyl groups is 4. The molecule has 200 valence electrons. The Balaban J connectivity index is 1.46. The van der Waals surface area contributed by atoms with E-state index in [0.717, 1.165) is 11.8 Å². The minimum absolute atomic E-state index is 0.0960. The number of anilines is 2. The lowest BCUT2D eigenvalue weighted by molar-refractivity contribution is -0.0548. The van der Waals surface area contributed by atoms with Gasteiger partial charge in [0, 0.05) is 17.5 Å². The molecule has 1 unspecified atom stereocenters. The summed E-state index contributed by atoms with van der Waals surface area (Å²) in [6.45, 7) is 1.33. The van der Waals surface area contributed by atoms with Crippen LogP contribution in [0.15, 0.2) is 29.7 Å². The number of fused-ring (bicyclic) bond motifs is 1. The molecule has 1 aliphatic rings. The highest BCUT2D eigenvalue weighted by atomic mass is 32.2. The Bertz CT molecular complexity index is 1260. The van der Waals surface area contributed by atoms with Crippen molar-refractivity contribution in [3.05, 3.63) is 30.1 Å². The van der Waals surface area contributed by atoms with Crippen LogP contribution in [0.25, 0.3) is 11.2 Å². The van der Waals surface area contributed by atoms with Crippen molar-refractivity contribution < 1.29 is 39.4 Å². The molecular weight excluding hydrogens is 508 g/mol. The van der Waals surface area contributed by atoms with Crippen LogP contribution in [0, 0.1) is 0 Å². The monoisotopic (exact) mass is 536 g/mol. The number of rotatable bonds is 10. The summed E-state index contributed by atoms with van der Waals surface area (Å²) in [5.41, 5.74) is 12.8. The Morgan fingerprint density at radius 2 is 2.05 bits per heavy atom. The topological polar surface area (TPSA) is 221 Å². The standard InChI is InChI=1S/C22H28N6O8S/c1-2-34-21(33)12-4-3-11(5-13(12)23)35-7-10(30)8-37-22-27-15-18(24)25-9-26-19(15)28(22)20-17(32)16(31)14(6-29)36-20/h3-5,9-10,14,16-17,20,29-32H,2,6-8,23H2,1H3,(H2,24,25,26)/t10?,14-,16-,17-,20-/m1/s1. The van der Waals surface area contributed by atoms with Crippen LogP contribution in [0.3, 0.4) is 0 Å². The van der Waals surface area contributed by atoms with Crippen LogP contribution in [-0.2, 0) is 9.47 Å². The predicted molar refractivity (Wildman–Crippen MR) is 132 cm³/mol. The normalized spacial score (nSPS) is 22.3. The second-order valence-electron chi connectivity index (χ2n) is 8.17. The van der Waals surface area contributed by atoms with Crippen LogP contribution in [0.5, 0.6) is 5.75 Å². The molecule has 1 aromatic carbocycles. The summed E-state index contributed by atoms with van der Waals surface area (Å²) in [6, 6.07) is 4.50. The number of ether oxygens (including phenoxy) is 3. The number of aliphatic hydroxyl groups excluding tert-OH is 4. The highest BCUT2D eigenvalue weighted by molar-refractivity contribution is 7.99. The molecule has 1 fully saturated rings. The van der Waals surface area contributed by atoms with Crippen LogP contribution < -0.4 is 16.2 Å². The third-order valence-corrected chi connectivity index (χ3v) is 6.71. The Morgan fingerprint density at radius 3 is 2.73 bits per heavy atom. The maximum Gasteiger partial charge on any atom is 0.340 e. The molecule has 15 heteroatoms. The van der Waals surface area contributed by atoms with Gasteiger partial charge in [0.25, 0.3) is 0 Å². The third kappa shape index (κ3) is 5.56. The lowest BCUT2D eigenvalue weighted by Crippen LogP contribution is -2.33. The maximum absolute atomic E-state index is 11.9. The smallest absolute Gasteiger partial charge is 0.340 e. The first-order chi connectivity index (χ1) is 17.7. The quantitative estimate of drug-likeness (QED) is 0.107. The minimum Gasteiger partial charge on any atom is -0.491 e. The second kappa shape index (κ2) is 11.5. The van der Waals surface area contributed by atoms with Gasteiger partial charge in [-0.2, -0.15) is 0 Å². The molecule has 0 spiro atoms. The number of hydrogen-bond acceptors (Lipinski definition) is 14. The number of esters is 1. The van der Waals surface area contributed by atoms with Crippen LogP contribution >= 0.6 is 11.8 Å². The van der Waals surface area contributed by atoms with Gasteiger partial charge in [-0.05, 0) is 19.1 Å². The van der Waals surface area contributed by atoms with Crippen molar-refractivity contribution in [2.45, 2.75) is 42.7 Å². The molecule has 5 atom stereocenters. The maximum atomic E-state index is 11.9. The van der Waals surface area contributed by atoms with Gasteiger partial charge in [0.15, 0.2) is 28.4 Å². The Labute approximate surface area is 215 Å². The van der Waals surface area contributed by atoms with Crippen LogP contribution in [0.2, 0.25) is 0 Å². The zero-order chi connectivity index (χ0) is 26.7. The average Bonchev–Trinajstić information content (AvgIpc) is 3.39. The molecule has 3 heterocycles. The second-order valence-corrected chi connectivity index (χ2v) is 9.16. The van der Waals surface area contributed by atoms with Crippen molar-refractivity contribution in [3.63, 3.8) is 0 Å². The van der Waals surface area contributed by atoms with Gasteiger partial charge >= 0.3 is 5.97 Å². The van der Waals surface area contributed by atoms with E-state index < -0.39 is 43.2 Å². The summed E-state index contributed by atoms with van der Waals surface area (Å²) in [5.74, 6) is 0.0360. The summed E-state index contributed by atoms with van der Waals surface area (Å²) in [5, 5.41) is 41.0. The van der Waals surface area contributed by atoms with E-state index in [4.69, 9.17) is 25.7 Å². The molecule has 0 bridgehead atoms. The number of benzene rings is 1. The molecule has 0 saturated carbocycles. The number of hydrogen-bond donors (Lipinski definition) is 6. The predicted octanol–water partition coefficient (Wildman–Crippen LogP) is -0.689. The van der Waals surface area contributed by atoms with Crippen molar-refractivity contribution in [1.29, 1.82) is 0 Å². The summed E-state index contributed by atoms with van der Waals surface area (Å²) < 4.78 is 17.7. The Morgan fingerprint density at radius 1 is 1.27 bits per heavy atom. The highest BCUT2D eigenvalue weighted by Crippen LogP contribution is 2.36. The van der Waals surface area contributed by atoms with Crippen molar-refractivity contribution in [1.82, 2.24) is 19.5 Å². The first-order valence-corrected chi connectivity index (χ1v) is 12.3. The molecule has 8 N–H and O–H groups in total. The summed E-state index contributed by atoms with van der Waals surface area (Å²) in [4.78, 5) is 24.4. The van der Waals surface area contributed by atoms with E-state index in [2.05, 4.69) is 15.0 Å². The number of carbonyl (C=O) groups is 1. The zero-order valence-corrected chi connectivity index (χ0v) is 20.6. The van der Waals surface area contributed by atoms with Gasteiger partial charge in [-0.3, -0.25) is 4.57 Å². The number of nitrogen functional groups attached to an aromatic ring is 2. The first kappa shape index (κ1) is 26.8. The van der Waals surface area contributed by atoms with E-state index in [0.29, 0.717) is 10.9 Å². The van der Waals surface area contributed by atoms with Gasteiger partial charge in [0.1, 0.15) is 37.0 Å². The average molecular weight is 537 g/mol. The van der Waals surface area contributed by atoms with Gasteiger partial charge in [0.2, 0.25) is 0 Å². The summed E-state index contributed by atoms with van der Waals surface area (Å²) in [6.07, 6.45) is -4.54. The highest BCUT2D eigenvalue weighted by Gasteiger charge is 2.45. The molecule has 3 aromatic rings. The lowest BCUT2D eigenvalue weighted by atomic mass is 10.1. The molecule has 14 nitrogen and oxygen atoms in total. The van der Waals surface area contributed by atoms with Crippen LogP contribution in [0.4, 0.5) is 11.5 Å². The Kier molecular flexibility index (Phi) is 8.31. The van der Waals surface area contributed by atoms with E-state index in [1.54, 1.807) is 13.0 Å². The van der Waals surface area contributed by atoms with E-state index >= 15 is 0 Å². The number of nitrogens with zero attached hydrogens (tertiary/aromatic N) is 4. The number of imidazole rings is 1. The third-order valence-electron chi connectivity index (χ3n) is 5.61. The molecule has 0 aliphatic carbocycles. The summed E-state index contributed by atoms with van der Waals surface area (Å²) in [7, 11) is 0. The van der Waals surface area contributed by atoms with E-state index in [-0.39, 0.29) is 47.2 Å². The molecule has 0 amide bonds. The lowest BCUT2D eigenvalue weighted by Gasteiger charge is -2.19. The molecular formula is C22H28N6O8S. The number of carbonyl (C=O) groups excluding carboxylic acids is 1. The largest absolute Gasteiger partial charge is 0.491 e. The first-order valence-electron chi connectivity index (χ1n) is 11.4. The van der Waals surface area contributed by atoms with Gasteiger partial charge in [-0.25, -0.2) is 19.7 Å². The van der Waals surface area contributed by atoms with Crippen molar-refractivity contribution in [2.24, 2.45) is 0 Å². The number of thioether (sulfide) groups is 1. The number of aromatic nitrogens is 4. The molecule has 4 rings (SSSR count). The Hall–Kier alpha value is -3.21. The van der Waals surface area contributed by atoms with Crippen LogP contribution in [-0.4, -0.2) is 95.9 Å². The van der Waals surface area contributed by atoms with E-state index in [1.807, 2.05) is 0 Å². The van der Waals surface area contributed by atoms with E-state index in [9.17, 15) is 25.2 Å². The number of nitrogens with two attached hydrogens (primary N) is 2. The molecule has 2 aromatic heterocycles. The van der Waals surface area contributed by atoms with Crippen molar-refractivity contribution in [3.8, 4) is 5.75 Å². The van der Waals surface area contributed by atoms with E-state index in [1.165, 1.54) is 23.0 Å². The van der Waals surface area contributed by atoms with Crippen LogP contribution in [0.1, 0.15) is 23.5 Å². The molecule has 1 aliphatic heterocycles. The van der Waals surface area contributed by atoms with Crippen molar-refractivity contribution >= 4 is 40.4 Å². The summed E-state index contributed by atoms with van der Waals surface area (Å²) >= 11 is 1.12. The van der Waals surface area contributed by atoms with Gasteiger partial charge in [0.05, 0.1) is 24.9 Å². The van der Waals surface area contributed by atoms with Gasteiger partial charge in [-0.15, -0.1) is 0 Å². The fourth-order valence-corrected chi connectivity index (χ4v) is 4.69. The van der Waals surface area contributed by atoms with Gasteiger partial charge < -0.3 is 46.1 Å². The molecule has 37 heavy (non-hydrogen) atoms. The fourth-order valence-electron chi connectivity index (χ4n) is 3.77. The SMILES string of the molecule is CCOC(=O)c1ccc(OCC(O)CSc2nc3c(N)ncnc3n2[C@@H]2O[C@H](CO)[C@@H](O)[C@H]2O)cc1N. The van der Waals surface area contributed by atoms with Crippen molar-refractivity contribution in [2.75, 3.05) is 37.0 Å². The minimum atomic E-state index is -1.37. The fraction of sp³-hybridized carbons (Fsp3) is 0.455. The molecule has 0 radical (unpaired) electrons. The zero-order valence-electron chi connectivity index (χ0n) is 19.8.